The number of fused-ring (bicyclic) bond motifs is 3. The van der Waals surface area contributed by atoms with E-state index in [9.17, 15) is 66.3 Å². The van der Waals surface area contributed by atoms with Gasteiger partial charge in [-0.1, -0.05) is 86.2 Å². The van der Waals surface area contributed by atoms with Gasteiger partial charge in [-0.05, 0) is 115 Å². The monoisotopic (exact) mass is 1150 g/mol. The number of hydrogen-bond donors (Lipinski definition) is 7. The molecule has 8 N–H and O–H groups in total. The highest BCUT2D eigenvalue weighted by atomic mass is 31.2. The second-order valence-corrected chi connectivity index (χ2v) is 23.5. The number of piperidine rings is 3. The first-order valence-electron chi connectivity index (χ1n) is 27.7. The molecule has 82 heavy (non-hydrogen) atoms. The maximum atomic E-state index is 14.6. The lowest BCUT2D eigenvalue weighted by atomic mass is 9.91. The fourth-order valence-corrected chi connectivity index (χ4v) is 12.1. The summed E-state index contributed by atoms with van der Waals surface area (Å²) in [6.07, 6.45) is 4.44. The lowest BCUT2D eigenvalue weighted by Crippen LogP contribution is -2.58. The van der Waals surface area contributed by atoms with E-state index in [2.05, 4.69) is 33.1 Å². The fourth-order valence-electron chi connectivity index (χ4n) is 11.6. The maximum absolute atomic E-state index is 14.6. The second kappa shape index (κ2) is 24.7. The Bertz CT molecular complexity index is 3320. The summed E-state index contributed by atoms with van der Waals surface area (Å²) in [5.41, 5.74) is 2.50. The number of amides is 9. The molecule has 4 fully saturated rings. The third-order valence-electron chi connectivity index (χ3n) is 16.4. The standard InChI is InChI=1S/C59H65F2N8O12P/c1-2-3-16-46(64-52(72)38-18-17-35-19-20-41(30-39(35)29-38)59(60,61)82(79,80)81)57(77)69-32-40-31-43(40)51(69)55(75)63-45(21-23-48(62)70)53(73)66-50(37-12-5-4-6-13-37)58(78)67-27-25-34(26-28-67)10-7-8-11-36-14-9-15-42-44(36)33-68(56(42)76)47-22-24-49(71)65-54(47)74/h4-6,9,12-15,17-20,29-30,34,40,43,45-47,50-51H,2-3,7,10,16,21-28,31-33H2,1H3,(H2,62,70)(H,63,75)(H,64,72)(H,66,73)(H,65,71,74)(H2,79,80,81)/t40-,43-,45+,46+,47?,50+,51+/m1/s1. The molecule has 4 aliphatic heterocycles. The Morgan fingerprint density at radius 2 is 1.61 bits per heavy atom. The molecule has 20 nitrogen and oxygen atoms in total. The van der Waals surface area contributed by atoms with E-state index < -0.39 is 84.5 Å². The highest BCUT2D eigenvalue weighted by molar-refractivity contribution is 7.52. The number of unbranched alkanes of at least 4 members (excludes halogenated alkanes) is 1. The van der Waals surface area contributed by atoms with Crippen LogP contribution in [-0.2, 0) is 50.3 Å². The molecule has 1 unspecified atom stereocenters. The second-order valence-electron chi connectivity index (χ2n) is 21.9. The zero-order valence-electron chi connectivity index (χ0n) is 45.1. The molecule has 0 bridgehead atoms. The molecular formula is C59H65F2N8O12P. The zero-order valence-corrected chi connectivity index (χ0v) is 46.0. The number of nitrogens with zero attached hydrogens (tertiary/aromatic N) is 3. The average Bonchev–Trinajstić information content (AvgIpc) is 4.03. The molecule has 9 rings (SSSR count). The quantitative estimate of drug-likeness (QED) is 0.0362. The van der Waals surface area contributed by atoms with E-state index in [1.54, 1.807) is 47.4 Å². The van der Waals surface area contributed by atoms with Crippen molar-refractivity contribution < 1.29 is 66.3 Å². The average molecular weight is 1150 g/mol. The number of hydrogen-bond acceptors (Lipinski definition) is 10. The molecule has 4 aromatic rings. The normalized spacial score (nSPS) is 20.8. The van der Waals surface area contributed by atoms with Gasteiger partial charge in [0.25, 0.3) is 11.8 Å². The van der Waals surface area contributed by atoms with E-state index >= 15 is 0 Å². The number of nitrogens with one attached hydrogen (secondary N) is 4. The van der Waals surface area contributed by atoms with Gasteiger partial charge >= 0.3 is 13.3 Å². The third kappa shape index (κ3) is 12.9. The van der Waals surface area contributed by atoms with Crippen LogP contribution in [0, 0.1) is 29.6 Å². The van der Waals surface area contributed by atoms with Gasteiger partial charge in [-0.25, -0.2) is 0 Å². The molecule has 23 heteroatoms. The van der Waals surface area contributed by atoms with Gasteiger partial charge < -0.3 is 46.2 Å². The van der Waals surface area contributed by atoms with Crippen molar-refractivity contribution in [2.24, 2.45) is 23.5 Å². The van der Waals surface area contributed by atoms with Crippen molar-refractivity contribution in [3.8, 4) is 11.8 Å². The number of nitrogens with two attached hydrogens (primary N) is 1. The molecule has 3 saturated heterocycles. The number of carbonyl (C=O) groups is 9. The Balaban J connectivity index is 0.832. The summed E-state index contributed by atoms with van der Waals surface area (Å²) < 4.78 is 40.9. The predicted octanol–water partition coefficient (Wildman–Crippen LogP) is 4.64. The number of imide groups is 1. The molecule has 432 valence electrons. The number of primary amides is 1. The smallest absolute Gasteiger partial charge is 0.370 e. The van der Waals surface area contributed by atoms with Crippen LogP contribution < -0.4 is 27.0 Å². The van der Waals surface area contributed by atoms with Gasteiger partial charge in [0.05, 0.1) is 0 Å². The van der Waals surface area contributed by atoms with Crippen molar-refractivity contribution in [1.82, 2.24) is 36.0 Å². The summed E-state index contributed by atoms with van der Waals surface area (Å²) in [7, 11) is -5.88. The number of benzene rings is 4. The summed E-state index contributed by atoms with van der Waals surface area (Å²) in [5.74, 6) is 1.44. The Hall–Kier alpha value is -7.86. The first kappa shape index (κ1) is 58.8. The molecule has 1 aliphatic carbocycles. The molecule has 1 saturated carbocycles. The first-order chi connectivity index (χ1) is 39.1. The van der Waals surface area contributed by atoms with Gasteiger partial charge in [-0.3, -0.25) is 53.0 Å². The number of halogens is 2. The highest BCUT2D eigenvalue weighted by Gasteiger charge is 2.58. The minimum absolute atomic E-state index is 0.0207. The lowest BCUT2D eigenvalue weighted by molar-refractivity contribution is -0.142. The lowest BCUT2D eigenvalue weighted by Gasteiger charge is -2.35. The molecule has 0 aromatic heterocycles. The van der Waals surface area contributed by atoms with E-state index in [-0.39, 0.29) is 91.6 Å². The van der Waals surface area contributed by atoms with Gasteiger partial charge in [-0.15, -0.1) is 0 Å². The van der Waals surface area contributed by atoms with Crippen molar-refractivity contribution in [2.75, 3.05) is 19.6 Å². The van der Waals surface area contributed by atoms with Crippen molar-refractivity contribution in [1.29, 1.82) is 0 Å². The predicted molar refractivity (Wildman–Crippen MR) is 293 cm³/mol. The molecule has 4 heterocycles. The van der Waals surface area contributed by atoms with Crippen LogP contribution in [0.15, 0.2) is 84.9 Å². The Morgan fingerprint density at radius 3 is 2.32 bits per heavy atom. The van der Waals surface area contributed by atoms with Crippen LogP contribution in [0.1, 0.15) is 133 Å². The van der Waals surface area contributed by atoms with E-state index in [4.69, 9.17) is 5.73 Å². The van der Waals surface area contributed by atoms with E-state index in [1.807, 2.05) is 13.0 Å². The Morgan fingerprint density at radius 1 is 0.866 bits per heavy atom. The molecule has 4 aromatic carbocycles. The Kier molecular flexibility index (Phi) is 17.7. The number of rotatable bonds is 20. The van der Waals surface area contributed by atoms with Gasteiger partial charge in [0.15, 0.2) is 0 Å². The molecular weight excluding hydrogens is 1080 g/mol. The van der Waals surface area contributed by atoms with Crippen LogP contribution >= 0.6 is 7.60 Å². The van der Waals surface area contributed by atoms with Crippen molar-refractivity contribution in [3.63, 3.8) is 0 Å². The topological polar surface area (TPSA) is 295 Å². The van der Waals surface area contributed by atoms with E-state index in [1.165, 1.54) is 34.1 Å². The minimum Gasteiger partial charge on any atom is -0.370 e. The summed E-state index contributed by atoms with van der Waals surface area (Å²) in [6, 6.07) is 15.6. The molecule has 0 spiro atoms. The van der Waals surface area contributed by atoms with Gasteiger partial charge in [0.1, 0.15) is 30.2 Å². The SMILES string of the molecule is CCCC[C@H](NC(=O)c1ccc2ccc(C(F)(F)P(=O)(O)O)cc2c1)C(=O)N1C[C@H]2C[C@H]2[C@H]1C(=O)N[C@@H](CCC(N)=O)C(=O)N[C@H](C(=O)N1CCC(CCC#Cc2cccc3c2CN(C2CCC(=O)NC2=O)C3=O)CC1)c1ccccc1. The number of alkyl halides is 2. The fraction of sp³-hybridized carbons (Fsp3) is 0.441. The zero-order chi connectivity index (χ0) is 58.6. The highest BCUT2D eigenvalue weighted by Crippen LogP contribution is 2.59. The summed E-state index contributed by atoms with van der Waals surface area (Å²) >= 11 is 0. The van der Waals surface area contributed by atoms with Gasteiger partial charge in [0, 0.05) is 67.7 Å². The van der Waals surface area contributed by atoms with Crippen LogP contribution in [-0.4, -0.2) is 121 Å². The summed E-state index contributed by atoms with van der Waals surface area (Å²) in [5, 5.41) is 11.2. The first-order valence-corrected chi connectivity index (χ1v) is 29.3. The minimum atomic E-state index is -5.88. The Labute approximate surface area is 471 Å². The number of likely N-dealkylation sites (tertiary alicyclic amines) is 2. The largest absolute Gasteiger partial charge is 0.399 e. The van der Waals surface area contributed by atoms with E-state index in [0.29, 0.717) is 73.7 Å². The van der Waals surface area contributed by atoms with Crippen LogP contribution in [0.5, 0.6) is 0 Å². The van der Waals surface area contributed by atoms with Crippen molar-refractivity contribution in [2.45, 2.75) is 126 Å². The summed E-state index contributed by atoms with van der Waals surface area (Å²) in [4.78, 5) is 145. The maximum Gasteiger partial charge on any atom is 0.399 e. The van der Waals surface area contributed by atoms with Crippen LogP contribution in [0.4, 0.5) is 8.78 Å². The molecule has 9 amide bonds. The van der Waals surface area contributed by atoms with Crippen molar-refractivity contribution in [3.05, 3.63) is 118 Å². The van der Waals surface area contributed by atoms with Crippen LogP contribution in [0.2, 0.25) is 0 Å². The van der Waals surface area contributed by atoms with E-state index in [0.717, 1.165) is 24.1 Å². The van der Waals surface area contributed by atoms with Gasteiger partial charge in [-0.2, -0.15) is 8.78 Å². The van der Waals surface area contributed by atoms with Crippen molar-refractivity contribution >= 4 is 71.5 Å². The molecule has 7 atom stereocenters. The summed E-state index contributed by atoms with van der Waals surface area (Å²) in [6.45, 7) is 3.07. The number of carbonyl (C=O) groups excluding carboxylic acids is 9. The molecule has 5 aliphatic rings. The van der Waals surface area contributed by atoms with Crippen LogP contribution in [0.3, 0.4) is 0 Å². The van der Waals surface area contributed by atoms with Crippen LogP contribution in [0.25, 0.3) is 10.8 Å². The third-order valence-corrected chi connectivity index (χ3v) is 17.3. The molecule has 0 radical (unpaired) electrons. The van der Waals surface area contributed by atoms with Gasteiger partial charge in [0.2, 0.25) is 41.4 Å².